The van der Waals surface area contributed by atoms with Crippen LogP contribution in [0, 0.1) is 0 Å². The van der Waals surface area contributed by atoms with Crippen LogP contribution in [-0.2, 0) is 6.42 Å². The van der Waals surface area contributed by atoms with Crippen LogP contribution in [0.25, 0.3) is 0 Å². The van der Waals surface area contributed by atoms with E-state index >= 15 is 0 Å². The summed E-state index contributed by atoms with van der Waals surface area (Å²) in [5.41, 5.74) is 3.73. The van der Waals surface area contributed by atoms with Gasteiger partial charge in [-0.1, -0.05) is 37.3 Å². The van der Waals surface area contributed by atoms with E-state index in [0.717, 1.165) is 17.8 Å². The molecule has 0 radical (unpaired) electrons. The van der Waals surface area contributed by atoms with Crippen molar-refractivity contribution in [3.05, 3.63) is 72.1 Å². The van der Waals surface area contributed by atoms with Crippen LogP contribution < -0.4 is 10.6 Å². The Bertz CT molecular complexity index is 892. The van der Waals surface area contributed by atoms with Crippen molar-refractivity contribution in [3.63, 3.8) is 0 Å². The van der Waals surface area contributed by atoms with Crippen molar-refractivity contribution in [1.82, 2.24) is 9.97 Å². The molecule has 1 aromatic heterocycles. The van der Waals surface area contributed by atoms with E-state index in [4.69, 9.17) is 0 Å². The summed E-state index contributed by atoms with van der Waals surface area (Å²) in [7, 11) is 0. The Labute approximate surface area is 147 Å². The largest absolute Gasteiger partial charge is 0.340 e. The van der Waals surface area contributed by atoms with Crippen LogP contribution in [0.2, 0.25) is 0 Å². The molecule has 0 saturated carbocycles. The Hall–Kier alpha value is -3.21. The van der Waals surface area contributed by atoms with Gasteiger partial charge in [0.25, 0.3) is 0 Å². The number of hydrogen-bond acceptors (Lipinski definition) is 5. The molecule has 0 fully saturated rings. The number of carbonyl (C=O) groups is 1. The first-order chi connectivity index (χ1) is 12.2. The summed E-state index contributed by atoms with van der Waals surface area (Å²) in [5.74, 6) is 1.40. The fraction of sp³-hybridized carbons (Fsp3) is 0.150. The van der Waals surface area contributed by atoms with Gasteiger partial charge >= 0.3 is 0 Å². The molecule has 2 N–H and O–H groups in total. The summed E-state index contributed by atoms with van der Waals surface area (Å²) in [4.78, 5) is 20.0. The molecule has 126 valence electrons. The quantitative estimate of drug-likeness (QED) is 0.639. The predicted molar refractivity (Wildman–Crippen MR) is 101 cm³/mol. The maximum absolute atomic E-state index is 11.5. The molecule has 3 rings (SSSR count). The first-order valence-corrected chi connectivity index (χ1v) is 8.20. The zero-order valence-corrected chi connectivity index (χ0v) is 14.3. The maximum Gasteiger partial charge on any atom is 0.159 e. The Morgan fingerprint density at radius 3 is 2.48 bits per heavy atom. The van der Waals surface area contributed by atoms with E-state index in [-0.39, 0.29) is 5.78 Å². The fourth-order valence-corrected chi connectivity index (χ4v) is 2.55. The molecule has 2 aromatic carbocycles. The molecule has 0 aliphatic rings. The number of Topliss-reactive ketones (excluding diaryl/α,β-unsaturated/α-hetero) is 1. The molecular weight excluding hydrogens is 312 g/mol. The molecule has 0 aliphatic carbocycles. The Morgan fingerprint density at radius 2 is 1.72 bits per heavy atom. The van der Waals surface area contributed by atoms with Crippen LogP contribution in [0.1, 0.15) is 29.8 Å². The first-order valence-electron chi connectivity index (χ1n) is 8.20. The van der Waals surface area contributed by atoms with Crippen molar-refractivity contribution >= 4 is 28.8 Å². The van der Waals surface area contributed by atoms with Gasteiger partial charge in [0.15, 0.2) is 5.78 Å². The lowest BCUT2D eigenvalue weighted by molar-refractivity contribution is 0.101. The Morgan fingerprint density at radius 1 is 0.960 bits per heavy atom. The second-order valence-corrected chi connectivity index (χ2v) is 5.69. The summed E-state index contributed by atoms with van der Waals surface area (Å²) >= 11 is 0. The van der Waals surface area contributed by atoms with E-state index in [1.807, 2.05) is 42.5 Å². The lowest BCUT2D eigenvalue weighted by Gasteiger charge is -2.11. The van der Waals surface area contributed by atoms with Crippen molar-refractivity contribution in [2.45, 2.75) is 20.3 Å². The van der Waals surface area contributed by atoms with Crippen LogP contribution in [0.15, 0.2) is 60.9 Å². The third-order valence-electron chi connectivity index (χ3n) is 3.87. The average Bonchev–Trinajstić information content (AvgIpc) is 2.63. The van der Waals surface area contributed by atoms with Gasteiger partial charge in [-0.2, -0.15) is 0 Å². The van der Waals surface area contributed by atoms with E-state index in [2.05, 4.69) is 33.6 Å². The number of aryl methyl sites for hydroxylation is 1. The predicted octanol–water partition coefficient (Wildman–Crippen LogP) is 4.73. The van der Waals surface area contributed by atoms with Gasteiger partial charge in [-0.25, -0.2) is 9.97 Å². The number of hydrogen-bond donors (Lipinski definition) is 2. The number of carbonyl (C=O) groups excluding carboxylic acids is 1. The van der Waals surface area contributed by atoms with Crippen LogP contribution in [0.4, 0.5) is 23.0 Å². The molecule has 5 heteroatoms. The van der Waals surface area contributed by atoms with Gasteiger partial charge < -0.3 is 10.6 Å². The number of rotatable bonds is 6. The highest BCUT2D eigenvalue weighted by atomic mass is 16.1. The highest BCUT2D eigenvalue weighted by molar-refractivity contribution is 5.95. The van der Waals surface area contributed by atoms with Crippen LogP contribution in [0.5, 0.6) is 0 Å². The third-order valence-corrected chi connectivity index (χ3v) is 3.87. The molecule has 1 heterocycles. The minimum atomic E-state index is 0.0323. The normalized spacial score (nSPS) is 10.3. The molecule has 0 atom stereocenters. The van der Waals surface area contributed by atoms with Gasteiger partial charge in [0.05, 0.1) is 0 Å². The van der Waals surface area contributed by atoms with E-state index in [1.165, 1.54) is 11.9 Å². The van der Waals surface area contributed by atoms with Crippen molar-refractivity contribution in [1.29, 1.82) is 0 Å². The molecule has 0 spiro atoms. The second kappa shape index (κ2) is 7.57. The van der Waals surface area contributed by atoms with Crippen LogP contribution in [-0.4, -0.2) is 15.8 Å². The minimum Gasteiger partial charge on any atom is -0.340 e. The number of ketones is 1. The topological polar surface area (TPSA) is 66.9 Å². The zero-order valence-electron chi connectivity index (χ0n) is 14.3. The van der Waals surface area contributed by atoms with Crippen molar-refractivity contribution in [3.8, 4) is 0 Å². The zero-order chi connectivity index (χ0) is 17.6. The lowest BCUT2D eigenvalue weighted by Crippen LogP contribution is -2.01. The van der Waals surface area contributed by atoms with Crippen LogP contribution in [0.3, 0.4) is 0 Å². The smallest absolute Gasteiger partial charge is 0.159 e. The highest BCUT2D eigenvalue weighted by Crippen LogP contribution is 2.22. The fourth-order valence-electron chi connectivity index (χ4n) is 2.55. The third kappa shape index (κ3) is 4.20. The summed E-state index contributed by atoms with van der Waals surface area (Å²) < 4.78 is 0. The number of anilines is 4. The number of nitrogens with one attached hydrogen (secondary N) is 2. The minimum absolute atomic E-state index is 0.0323. The van der Waals surface area contributed by atoms with Gasteiger partial charge in [0.2, 0.25) is 0 Å². The Kier molecular flexibility index (Phi) is 5.04. The van der Waals surface area contributed by atoms with Gasteiger partial charge in [-0.05, 0) is 37.1 Å². The molecule has 25 heavy (non-hydrogen) atoms. The average molecular weight is 332 g/mol. The molecule has 3 aromatic rings. The summed E-state index contributed by atoms with van der Waals surface area (Å²) in [6.07, 6.45) is 2.45. The Balaban J connectivity index is 1.80. The molecular formula is C20H20N4O. The molecule has 5 nitrogen and oxygen atoms in total. The number of nitrogens with zero attached hydrogens (tertiary/aromatic N) is 2. The van der Waals surface area contributed by atoms with Crippen molar-refractivity contribution in [2.75, 3.05) is 10.6 Å². The van der Waals surface area contributed by atoms with E-state index in [0.29, 0.717) is 17.2 Å². The van der Waals surface area contributed by atoms with E-state index in [9.17, 15) is 4.79 Å². The molecule has 0 bridgehead atoms. The number of benzene rings is 2. The standard InChI is InChI=1S/C20H20N4O/c1-3-15-7-4-5-10-18(15)24-20-12-19(21-13-22-20)23-17-9-6-8-16(11-17)14(2)25/h4-13H,3H2,1-2H3,(H2,21,22,23,24). The second-order valence-electron chi connectivity index (χ2n) is 5.69. The molecule has 0 saturated heterocycles. The van der Waals surface area contributed by atoms with Gasteiger partial charge in [0.1, 0.15) is 18.0 Å². The van der Waals surface area contributed by atoms with Gasteiger partial charge in [-0.3, -0.25) is 4.79 Å². The molecule has 0 aliphatic heterocycles. The summed E-state index contributed by atoms with van der Waals surface area (Å²) in [5, 5.41) is 6.54. The number of para-hydroxylation sites is 1. The number of aromatic nitrogens is 2. The molecule has 0 unspecified atom stereocenters. The molecule has 0 amide bonds. The first kappa shape index (κ1) is 16.6. The lowest BCUT2D eigenvalue weighted by atomic mass is 10.1. The van der Waals surface area contributed by atoms with Gasteiger partial charge in [0, 0.05) is 23.0 Å². The van der Waals surface area contributed by atoms with Crippen molar-refractivity contribution < 1.29 is 4.79 Å². The van der Waals surface area contributed by atoms with Crippen molar-refractivity contribution in [2.24, 2.45) is 0 Å². The highest BCUT2D eigenvalue weighted by Gasteiger charge is 2.05. The van der Waals surface area contributed by atoms with Crippen LogP contribution >= 0.6 is 0 Å². The summed E-state index contributed by atoms with van der Waals surface area (Å²) in [6.45, 7) is 3.67. The van der Waals surface area contributed by atoms with E-state index in [1.54, 1.807) is 13.0 Å². The monoisotopic (exact) mass is 332 g/mol. The van der Waals surface area contributed by atoms with Gasteiger partial charge in [-0.15, -0.1) is 0 Å². The maximum atomic E-state index is 11.5. The summed E-state index contributed by atoms with van der Waals surface area (Å²) in [6, 6.07) is 17.3. The SMILES string of the molecule is CCc1ccccc1Nc1cc(Nc2cccc(C(C)=O)c2)ncn1. The van der Waals surface area contributed by atoms with E-state index < -0.39 is 0 Å².